The Bertz CT molecular complexity index is 1230. The van der Waals surface area contributed by atoms with Crippen LogP contribution >= 0.6 is 15.9 Å². The molecule has 0 aliphatic heterocycles. The maximum Gasteiger partial charge on any atom is 0.273 e. The van der Waals surface area contributed by atoms with Crippen LogP contribution in [0.1, 0.15) is 34.2 Å². The molecule has 1 atom stereocenters. The molecule has 9 heteroatoms. The number of pyridine rings is 1. The normalized spacial score (nSPS) is 12.1. The summed E-state index contributed by atoms with van der Waals surface area (Å²) in [5, 5.41) is 22.5. The van der Waals surface area contributed by atoms with Crippen molar-refractivity contribution < 1.29 is 23.7 Å². The van der Waals surface area contributed by atoms with Crippen LogP contribution < -0.4 is 15.6 Å². The first-order chi connectivity index (χ1) is 15.7. The van der Waals surface area contributed by atoms with Crippen molar-refractivity contribution in [3.05, 3.63) is 90.8 Å². The SMILES string of the molecule is CNC(O)c1cc(-n2c(C)cc(OCc3ccc(F)cc3F)c(Br)c2=O)c(C)cc1CCO. The molecule has 6 nitrogen and oxygen atoms in total. The topological polar surface area (TPSA) is 83.7 Å². The predicted molar refractivity (Wildman–Crippen MR) is 125 cm³/mol. The zero-order valence-corrected chi connectivity index (χ0v) is 20.0. The lowest BCUT2D eigenvalue weighted by atomic mass is 9.98. The Morgan fingerprint density at radius 2 is 1.88 bits per heavy atom. The number of nitrogens with zero attached hydrogens (tertiary/aromatic N) is 1. The lowest BCUT2D eigenvalue weighted by Gasteiger charge is -2.21. The van der Waals surface area contributed by atoms with Gasteiger partial charge in [-0.25, -0.2) is 8.78 Å². The van der Waals surface area contributed by atoms with Gasteiger partial charge in [0.2, 0.25) is 0 Å². The van der Waals surface area contributed by atoms with Crippen LogP contribution in [0.4, 0.5) is 8.78 Å². The van der Waals surface area contributed by atoms with Gasteiger partial charge in [0.05, 0.1) is 5.69 Å². The molecule has 0 saturated carbocycles. The van der Waals surface area contributed by atoms with Crippen LogP contribution in [0.3, 0.4) is 0 Å². The van der Waals surface area contributed by atoms with E-state index in [0.717, 1.165) is 23.3 Å². The smallest absolute Gasteiger partial charge is 0.273 e. The van der Waals surface area contributed by atoms with Gasteiger partial charge >= 0.3 is 0 Å². The number of halogens is 3. The number of aromatic nitrogens is 1. The lowest BCUT2D eigenvalue weighted by molar-refractivity contribution is 0.148. The minimum atomic E-state index is -0.974. The molecule has 176 valence electrons. The van der Waals surface area contributed by atoms with Crippen molar-refractivity contribution in [2.24, 2.45) is 0 Å². The first-order valence-corrected chi connectivity index (χ1v) is 11.1. The number of hydrogen-bond donors (Lipinski definition) is 3. The van der Waals surface area contributed by atoms with Gasteiger partial charge in [-0.2, -0.15) is 0 Å². The highest BCUT2D eigenvalue weighted by atomic mass is 79.9. The molecule has 3 N–H and O–H groups in total. The zero-order chi connectivity index (χ0) is 24.3. The van der Waals surface area contributed by atoms with Crippen LogP contribution in [0.25, 0.3) is 5.69 Å². The number of hydrogen-bond acceptors (Lipinski definition) is 5. The van der Waals surface area contributed by atoms with E-state index in [9.17, 15) is 23.8 Å². The molecule has 0 bridgehead atoms. The van der Waals surface area contributed by atoms with Crippen molar-refractivity contribution in [2.75, 3.05) is 13.7 Å². The summed E-state index contributed by atoms with van der Waals surface area (Å²) in [7, 11) is 1.61. The van der Waals surface area contributed by atoms with Crippen molar-refractivity contribution in [3.63, 3.8) is 0 Å². The first-order valence-electron chi connectivity index (χ1n) is 10.3. The second kappa shape index (κ2) is 10.6. The van der Waals surface area contributed by atoms with E-state index in [-0.39, 0.29) is 29.0 Å². The zero-order valence-electron chi connectivity index (χ0n) is 18.5. The predicted octanol–water partition coefficient (Wildman–Crippen LogP) is 3.82. The third-order valence-corrected chi connectivity index (χ3v) is 6.08. The van der Waals surface area contributed by atoms with Gasteiger partial charge in [-0.3, -0.25) is 14.7 Å². The van der Waals surface area contributed by atoms with Crippen molar-refractivity contribution in [2.45, 2.75) is 33.1 Å². The molecule has 0 amide bonds. The van der Waals surface area contributed by atoms with E-state index in [1.807, 2.05) is 13.0 Å². The number of aliphatic hydroxyl groups is 2. The number of aryl methyl sites for hydroxylation is 2. The molecule has 0 aliphatic rings. The van der Waals surface area contributed by atoms with Crippen LogP contribution in [0.15, 0.2) is 45.7 Å². The fourth-order valence-electron chi connectivity index (χ4n) is 3.64. The number of benzene rings is 2. The Hall–Kier alpha value is -2.59. The average molecular weight is 523 g/mol. The van der Waals surface area contributed by atoms with Crippen molar-refractivity contribution in [1.29, 1.82) is 0 Å². The van der Waals surface area contributed by atoms with Gasteiger partial charge in [-0.1, -0.05) is 6.07 Å². The largest absolute Gasteiger partial charge is 0.487 e. The van der Waals surface area contributed by atoms with E-state index < -0.39 is 23.4 Å². The van der Waals surface area contributed by atoms with E-state index in [1.54, 1.807) is 26.1 Å². The Labute approximate surface area is 198 Å². The third-order valence-electron chi connectivity index (χ3n) is 5.35. The van der Waals surface area contributed by atoms with E-state index in [1.165, 1.54) is 10.6 Å². The van der Waals surface area contributed by atoms with Crippen LogP contribution in [-0.2, 0) is 13.0 Å². The van der Waals surface area contributed by atoms with E-state index in [2.05, 4.69) is 21.2 Å². The average Bonchev–Trinajstić information content (AvgIpc) is 2.77. The third kappa shape index (κ3) is 5.33. The fraction of sp³-hybridized carbons (Fsp3) is 0.292. The summed E-state index contributed by atoms with van der Waals surface area (Å²) >= 11 is 3.28. The van der Waals surface area contributed by atoms with Crippen molar-refractivity contribution in [3.8, 4) is 11.4 Å². The first kappa shape index (κ1) is 25.0. The van der Waals surface area contributed by atoms with E-state index in [0.29, 0.717) is 23.4 Å². The quantitative estimate of drug-likeness (QED) is 0.391. The highest BCUT2D eigenvalue weighted by Gasteiger charge is 2.19. The summed E-state index contributed by atoms with van der Waals surface area (Å²) in [6.07, 6.45) is -0.613. The Kier molecular flexibility index (Phi) is 8.01. The monoisotopic (exact) mass is 522 g/mol. The molecule has 1 aromatic heterocycles. The maximum absolute atomic E-state index is 13.9. The minimum absolute atomic E-state index is 0.0760. The van der Waals surface area contributed by atoms with Crippen LogP contribution in [0.2, 0.25) is 0 Å². The molecule has 1 heterocycles. The summed E-state index contributed by atoms with van der Waals surface area (Å²) in [5.74, 6) is -1.19. The minimum Gasteiger partial charge on any atom is -0.487 e. The Morgan fingerprint density at radius 1 is 1.15 bits per heavy atom. The van der Waals surface area contributed by atoms with Gasteiger partial charge in [-0.15, -0.1) is 0 Å². The standard InChI is InChI=1S/C24H25BrF2N2O4/c1-13-8-15(6-7-30)18(23(31)28-3)11-20(13)29-14(2)9-21(22(25)24(29)32)33-12-16-4-5-17(26)10-19(16)27/h4-5,8-11,23,28,30-31H,6-7,12H2,1-3H3. The number of rotatable bonds is 8. The van der Waals surface area contributed by atoms with Crippen LogP contribution in [-0.4, -0.2) is 28.4 Å². The van der Waals surface area contributed by atoms with Gasteiger partial charge in [0.25, 0.3) is 5.56 Å². The number of nitrogens with one attached hydrogen (secondary N) is 1. The Morgan fingerprint density at radius 3 is 2.52 bits per heavy atom. The fourth-order valence-corrected chi connectivity index (χ4v) is 4.05. The van der Waals surface area contributed by atoms with Crippen LogP contribution in [0, 0.1) is 25.5 Å². The Balaban J connectivity index is 2.03. The molecule has 0 spiro atoms. The molecule has 2 aromatic carbocycles. The highest BCUT2D eigenvalue weighted by Crippen LogP contribution is 2.29. The van der Waals surface area contributed by atoms with E-state index >= 15 is 0 Å². The van der Waals surface area contributed by atoms with Gasteiger partial charge in [-0.05, 0) is 72.6 Å². The number of aliphatic hydroxyl groups excluding tert-OH is 2. The highest BCUT2D eigenvalue weighted by molar-refractivity contribution is 9.10. The van der Waals surface area contributed by atoms with Gasteiger partial charge in [0.15, 0.2) is 0 Å². The van der Waals surface area contributed by atoms with Crippen molar-refractivity contribution in [1.82, 2.24) is 9.88 Å². The molecule has 0 fully saturated rings. The summed E-state index contributed by atoms with van der Waals surface area (Å²) in [6.45, 7) is 3.32. The summed E-state index contributed by atoms with van der Waals surface area (Å²) in [4.78, 5) is 13.2. The maximum atomic E-state index is 13.9. The molecule has 1 unspecified atom stereocenters. The van der Waals surface area contributed by atoms with E-state index in [4.69, 9.17) is 4.74 Å². The van der Waals surface area contributed by atoms with Crippen LogP contribution in [0.5, 0.6) is 5.75 Å². The van der Waals surface area contributed by atoms with Gasteiger partial charge in [0, 0.05) is 35.6 Å². The molecule has 3 aromatic rings. The van der Waals surface area contributed by atoms with Crippen molar-refractivity contribution >= 4 is 15.9 Å². The molecule has 3 rings (SSSR count). The molecule has 0 saturated heterocycles. The molecular formula is C24H25BrF2N2O4. The number of ether oxygens (including phenoxy) is 1. The summed E-state index contributed by atoms with van der Waals surface area (Å²) in [6, 6.07) is 8.40. The summed E-state index contributed by atoms with van der Waals surface area (Å²) < 4.78 is 34.3. The molecule has 0 radical (unpaired) electrons. The molecule has 0 aliphatic carbocycles. The summed E-state index contributed by atoms with van der Waals surface area (Å²) in [5.41, 5.74) is 3.00. The van der Waals surface area contributed by atoms with Gasteiger partial charge < -0.3 is 14.9 Å². The van der Waals surface area contributed by atoms with Gasteiger partial charge in [0.1, 0.15) is 34.7 Å². The second-order valence-corrected chi connectivity index (χ2v) is 8.42. The second-order valence-electron chi connectivity index (χ2n) is 7.63. The molecular weight excluding hydrogens is 498 g/mol. The lowest BCUT2D eigenvalue weighted by Crippen LogP contribution is -2.24. The molecule has 33 heavy (non-hydrogen) atoms.